The second kappa shape index (κ2) is 10.1. The number of nitrogens with one attached hydrogen (secondary N) is 2. The fraction of sp³-hybridized carbons (Fsp3) is 0.348. The van der Waals surface area contributed by atoms with Crippen molar-refractivity contribution in [1.29, 1.82) is 0 Å². The number of imide groups is 2. The van der Waals surface area contributed by atoms with Crippen molar-refractivity contribution in [3.63, 3.8) is 0 Å². The first-order valence-corrected chi connectivity index (χ1v) is 11.2. The normalized spacial score (nSPS) is 19.9. The van der Waals surface area contributed by atoms with Gasteiger partial charge in [-0.3, -0.25) is 30.0 Å². The number of β-amino-alcohol motifs (C(OH)–C–C–N with tert-alkyl or cyclic N) is 1. The van der Waals surface area contributed by atoms with E-state index in [1.165, 1.54) is 0 Å². The number of halogens is 1. The van der Waals surface area contributed by atoms with E-state index in [1.54, 1.807) is 53.4 Å². The molecule has 10 nitrogen and oxygen atoms in total. The Morgan fingerprint density at radius 1 is 0.912 bits per heavy atom. The number of amides is 4. The molecule has 0 radical (unpaired) electrons. The highest BCUT2D eigenvalue weighted by atomic mass is 35.5. The van der Waals surface area contributed by atoms with E-state index in [0.29, 0.717) is 48.3 Å². The highest BCUT2D eigenvalue weighted by molar-refractivity contribution is 6.30. The number of hydrogen-bond acceptors (Lipinski definition) is 8. The highest BCUT2D eigenvalue weighted by Gasteiger charge is 2.56. The number of urea groups is 1. The first-order chi connectivity index (χ1) is 16.3. The number of nitrogens with zero attached hydrogens (tertiary/aromatic N) is 2. The number of hydrogen-bond donors (Lipinski definition) is 4. The molecule has 1 unspecified atom stereocenters. The van der Waals surface area contributed by atoms with Crippen LogP contribution in [0.1, 0.15) is 5.56 Å². The Morgan fingerprint density at radius 3 is 1.97 bits per heavy atom. The first kappa shape index (κ1) is 24.1. The van der Waals surface area contributed by atoms with Crippen LogP contribution in [-0.4, -0.2) is 83.3 Å². The summed E-state index contributed by atoms with van der Waals surface area (Å²) >= 11 is 5.90. The lowest BCUT2D eigenvalue weighted by atomic mass is 9.84. The third-order valence-corrected chi connectivity index (χ3v) is 6.21. The number of aliphatic hydroxyl groups excluding tert-OH is 2. The summed E-state index contributed by atoms with van der Waals surface area (Å²) in [6.07, 6.45) is -0.868. The number of rotatable bonds is 7. The second-order valence-electron chi connectivity index (χ2n) is 8.15. The maximum absolute atomic E-state index is 13.2. The molecule has 11 heteroatoms. The molecule has 2 fully saturated rings. The van der Waals surface area contributed by atoms with Crippen LogP contribution in [0.2, 0.25) is 5.02 Å². The van der Waals surface area contributed by atoms with Gasteiger partial charge >= 0.3 is 6.03 Å². The largest absolute Gasteiger partial charge is 0.457 e. The van der Waals surface area contributed by atoms with Crippen molar-refractivity contribution < 1.29 is 29.3 Å². The molecule has 2 heterocycles. The third-order valence-electron chi connectivity index (χ3n) is 5.96. The Labute approximate surface area is 201 Å². The van der Waals surface area contributed by atoms with Gasteiger partial charge < -0.3 is 14.9 Å². The molecule has 0 bridgehead atoms. The molecule has 4 rings (SSSR count). The lowest BCUT2D eigenvalue weighted by Crippen LogP contribution is -2.73. The number of benzene rings is 2. The van der Waals surface area contributed by atoms with Gasteiger partial charge in [-0.05, 0) is 42.0 Å². The van der Waals surface area contributed by atoms with Crippen LogP contribution in [0, 0.1) is 0 Å². The van der Waals surface area contributed by atoms with E-state index in [9.17, 15) is 19.5 Å². The van der Waals surface area contributed by atoms with Gasteiger partial charge in [-0.15, -0.1) is 0 Å². The van der Waals surface area contributed by atoms with E-state index < -0.39 is 29.5 Å². The Balaban J connectivity index is 1.59. The summed E-state index contributed by atoms with van der Waals surface area (Å²) < 4.78 is 5.81. The SMILES string of the molecule is O=C1NC(=O)C(c2ccc(Oc3ccc(Cl)cc3)cc2)(N2CCN(CC(O)CO)CC2)C(=O)N1. The molecular formula is C23H25ClN4O6. The summed E-state index contributed by atoms with van der Waals surface area (Å²) in [5.41, 5.74) is -1.35. The molecular weight excluding hydrogens is 464 g/mol. The van der Waals surface area contributed by atoms with Gasteiger partial charge in [0.1, 0.15) is 11.5 Å². The van der Waals surface area contributed by atoms with Crippen LogP contribution in [0.15, 0.2) is 48.5 Å². The van der Waals surface area contributed by atoms with Crippen LogP contribution in [0.25, 0.3) is 0 Å². The van der Waals surface area contributed by atoms with Gasteiger partial charge in [-0.25, -0.2) is 4.79 Å². The Kier molecular flexibility index (Phi) is 7.15. The molecule has 2 aromatic rings. The zero-order valence-electron chi connectivity index (χ0n) is 18.2. The van der Waals surface area contributed by atoms with Crippen molar-refractivity contribution in [3.05, 3.63) is 59.1 Å². The van der Waals surface area contributed by atoms with E-state index in [1.807, 2.05) is 4.90 Å². The molecule has 2 aliphatic rings. The molecule has 0 aliphatic carbocycles. The molecule has 0 saturated carbocycles. The number of ether oxygens (including phenoxy) is 1. The predicted octanol–water partition coefficient (Wildman–Crippen LogP) is 0.664. The molecule has 4 amide bonds. The van der Waals surface area contributed by atoms with Gasteiger partial charge in [0.05, 0.1) is 12.7 Å². The minimum absolute atomic E-state index is 0.283. The number of carbonyl (C=O) groups is 3. The second-order valence-corrected chi connectivity index (χ2v) is 8.59. The fourth-order valence-corrected chi connectivity index (χ4v) is 4.40. The molecule has 2 aromatic carbocycles. The highest BCUT2D eigenvalue weighted by Crippen LogP contribution is 2.34. The lowest BCUT2D eigenvalue weighted by molar-refractivity contribution is -0.150. The summed E-state index contributed by atoms with van der Waals surface area (Å²) in [7, 11) is 0. The molecule has 2 saturated heterocycles. The summed E-state index contributed by atoms with van der Waals surface area (Å²) in [4.78, 5) is 41.8. The van der Waals surface area contributed by atoms with Gasteiger partial charge in [-0.1, -0.05) is 23.7 Å². The fourth-order valence-electron chi connectivity index (χ4n) is 4.28. The maximum Gasteiger partial charge on any atom is 0.328 e. The summed E-state index contributed by atoms with van der Waals surface area (Å²) in [6.45, 7) is 1.52. The molecule has 0 spiro atoms. The van der Waals surface area contributed by atoms with Gasteiger partial charge in [-0.2, -0.15) is 0 Å². The smallest absolute Gasteiger partial charge is 0.328 e. The summed E-state index contributed by atoms with van der Waals surface area (Å²) in [5.74, 6) is -0.378. The van der Waals surface area contributed by atoms with Gasteiger partial charge in [0, 0.05) is 37.7 Å². The zero-order valence-corrected chi connectivity index (χ0v) is 19.0. The van der Waals surface area contributed by atoms with Crippen LogP contribution < -0.4 is 15.4 Å². The van der Waals surface area contributed by atoms with E-state index in [0.717, 1.165) is 0 Å². The molecule has 4 N–H and O–H groups in total. The van der Waals surface area contributed by atoms with E-state index in [2.05, 4.69) is 10.6 Å². The minimum Gasteiger partial charge on any atom is -0.457 e. The standard InChI is InChI=1S/C23H25ClN4O6/c24-16-3-7-19(8-4-16)34-18-5-1-15(2-6-18)23(20(31)25-22(33)26-21(23)32)28-11-9-27(10-12-28)13-17(30)14-29/h1-8,17,29-30H,9-14H2,(H2,25,26,31,32,33). The topological polar surface area (TPSA) is 131 Å². The first-order valence-electron chi connectivity index (χ1n) is 10.8. The number of aliphatic hydroxyl groups is 2. The van der Waals surface area contributed by atoms with Gasteiger partial charge in [0.15, 0.2) is 0 Å². The summed E-state index contributed by atoms with van der Waals surface area (Å²) in [6, 6.07) is 12.5. The van der Waals surface area contributed by atoms with E-state index in [-0.39, 0.29) is 13.2 Å². The molecule has 1 atom stereocenters. The number of barbiturate groups is 1. The van der Waals surface area contributed by atoms with Crippen molar-refractivity contribution in [2.24, 2.45) is 0 Å². The van der Waals surface area contributed by atoms with Crippen LogP contribution in [-0.2, 0) is 15.1 Å². The molecule has 2 aliphatic heterocycles. The van der Waals surface area contributed by atoms with Crippen molar-refractivity contribution in [3.8, 4) is 11.5 Å². The van der Waals surface area contributed by atoms with Crippen molar-refractivity contribution in [1.82, 2.24) is 20.4 Å². The maximum atomic E-state index is 13.2. The third kappa shape index (κ3) is 4.77. The Morgan fingerprint density at radius 2 is 1.44 bits per heavy atom. The zero-order chi connectivity index (χ0) is 24.3. The van der Waals surface area contributed by atoms with Gasteiger partial charge in [0.25, 0.3) is 11.8 Å². The Bertz CT molecular complexity index is 1030. The lowest BCUT2D eigenvalue weighted by Gasteiger charge is -2.46. The van der Waals surface area contributed by atoms with Crippen LogP contribution >= 0.6 is 11.6 Å². The van der Waals surface area contributed by atoms with Crippen LogP contribution in [0.4, 0.5) is 4.79 Å². The average molecular weight is 489 g/mol. The number of piperazine rings is 1. The van der Waals surface area contributed by atoms with Crippen molar-refractivity contribution in [2.45, 2.75) is 11.6 Å². The summed E-state index contributed by atoms with van der Waals surface area (Å²) in [5, 5.41) is 23.9. The monoisotopic (exact) mass is 488 g/mol. The van der Waals surface area contributed by atoms with Gasteiger partial charge in [0.2, 0.25) is 5.54 Å². The molecule has 0 aromatic heterocycles. The molecule has 34 heavy (non-hydrogen) atoms. The van der Waals surface area contributed by atoms with Crippen molar-refractivity contribution in [2.75, 3.05) is 39.3 Å². The Hall–Kier alpha value is -3.02. The van der Waals surface area contributed by atoms with Crippen molar-refractivity contribution >= 4 is 29.4 Å². The van der Waals surface area contributed by atoms with E-state index >= 15 is 0 Å². The van der Waals surface area contributed by atoms with Crippen LogP contribution in [0.3, 0.4) is 0 Å². The van der Waals surface area contributed by atoms with E-state index in [4.69, 9.17) is 21.4 Å². The molecule has 180 valence electrons. The quantitative estimate of drug-likeness (QED) is 0.418. The average Bonchev–Trinajstić information content (AvgIpc) is 2.82. The minimum atomic E-state index is -1.74. The van der Waals surface area contributed by atoms with Crippen LogP contribution in [0.5, 0.6) is 11.5 Å². The number of carbonyl (C=O) groups excluding carboxylic acids is 3. The predicted molar refractivity (Wildman–Crippen MR) is 122 cm³/mol.